The number of fused-ring (bicyclic) bond motifs is 1. The summed E-state index contributed by atoms with van der Waals surface area (Å²) >= 11 is 3.51. The van der Waals surface area contributed by atoms with Gasteiger partial charge in [-0.15, -0.1) is 0 Å². The van der Waals surface area contributed by atoms with Crippen LogP contribution in [0.25, 0.3) is 22.1 Å². The van der Waals surface area contributed by atoms with Gasteiger partial charge in [0.05, 0.1) is 0 Å². The quantitative estimate of drug-likeness (QED) is 0.630. The van der Waals surface area contributed by atoms with Gasteiger partial charge in [0, 0.05) is 21.5 Å². The van der Waals surface area contributed by atoms with Crippen LogP contribution < -0.4 is 5.63 Å². The Morgan fingerprint density at radius 1 is 0.889 bits per heavy atom. The van der Waals surface area contributed by atoms with Crippen molar-refractivity contribution in [2.24, 2.45) is 0 Å². The molecular formula is C15H9BrO2. The zero-order valence-corrected chi connectivity index (χ0v) is 11.0. The van der Waals surface area contributed by atoms with Crippen LogP contribution in [0.3, 0.4) is 0 Å². The smallest absolute Gasteiger partial charge is 0.336 e. The Balaban J connectivity index is 2.42. The molecule has 0 radical (unpaired) electrons. The maximum Gasteiger partial charge on any atom is 0.336 e. The molecule has 0 spiro atoms. The Bertz CT molecular complexity index is 775. The monoisotopic (exact) mass is 300 g/mol. The third-order valence-electron chi connectivity index (χ3n) is 2.81. The summed E-state index contributed by atoms with van der Waals surface area (Å²) in [6, 6.07) is 16.9. The molecular weight excluding hydrogens is 292 g/mol. The summed E-state index contributed by atoms with van der Waals surface area (Å²) in [5.41, 5.74) is 2.14. The first-order valence-corrected chi connectivity index (χ1v) is 6.33. The van der Waals surface area contributed by atoms with E-state index in [0.29, 0.717) is 5.58 Å². The van der Waals surface area contributed by atoms with Crippen molar-refractivity contribution in [3.05, 3.63) is 69.5 Å². The van der Waals surface area contributed by atoms with Crippen LogP contribution in [0.2, 0.25) is 0 Å². The van der Waals surface area contributed by atoms with Gasteiger partial charge < -0.3 is 4.42 Å². The molecule has 3 heteroatoms. The standard InChI is InChI=1S/C15H9BrO2/c16-13-7-3-1-5-10(13)12-9-15(17)18-14-8-4-2-6-11(12)14/h1-9H. The van der Waals surface area contributed by atoms with Crippen LogP contribution in [0.1, 0.15) is 0 Å². The normalized spacial score (nSPS) is 10.7. The molecule has 0 fully saturated rings. The molecule has 0 saturated carbocycles. The van der Waals surface area contributed by atoms with E-state index in [-0.39, 0.29) is 5.63 Å². The third kappa shape index (κ3) is 1.87. The second kappa shape index (κ2) is 4.42. The summed E-state index contributed by atoms with van der Waals surface area (Å²) in [5, 5.41) is 0.934. The highest BCUT2D eigenvalue weighted by Gasteiger charge is 2.09. The predicted octanol–water partition coefficient (Wildman–Crippen LogP) is 4.22. The molecule has 1 heterocycles. The van der Waals surface area contributed by atoms with Crippen LogP contribution in [0, 0.1) is 0 Å². The molecule has 2 nitrogen and oxygen atoms in total. The molecule has 3 rings (SSSR count). The molecule has 1 aromatic heterocycles. The maximum absolute atomic E-state index is 11.6. The molecule has 18 heavy (non-hydrogen) atoms. The van der Waals surface area contributed by atoms with Crippen molar-refractivity contribution in [1.29, 1.82) is 0 Å². The Kier molecular flexibility index (Phi) is 2.76. The summed E-state index contributed by atoms with van der Waals surface area (Å²) in [6.07, 6.45) is 0. The van der Waals surface area contributed by atoms with E-state index in [1.165, 1.54) is 6.07 Å². The van der Waals surface area contributed by atoms with Crippen molar-refractivity contribution >= 4 is 26.9 Å². The first-order valence-electron chi connectivity index (χ1n) is 5.53. The number of halogens is 1. The first-order chi connectivity index (χ1) is 8.75. The minimum absolute atomic E-state index is 0.334. The van der Waals surface area contributed by atoms with Crippen molar-refractivity contribution in [1.82, 2.24) is 0 Å². The Hall–Kier alpha value is -1.87. The van der Waals surface area contributed by atoms with Gasteiger partial charge in [-0.25, -0.2) is 4.79 Å². The van der Waals surface area contributed by atoms with E-state index in [9.17, 15) is 4.79 Å². The summed E-state index contributed by atoms with van der Waals surface area (Å²) in [7, 11) is 0. The summed E-state index contributed by atoms with van der Waals surface area (Å²) in [5.74, 6) is 0. The lowest BCUT2D eigenvalue weighted by Gasteiger charge is -2.07. The average Bonchev–Trinajstić information content (AvgIpc) is 2.38. The van der Waals surface area contributed by atoms with Crippen molar-refractivity contribution in [2.45, 2.75) is 0 Å². The fourth-order valence-corrected chi connectivity index (χ4v) is 2.51. The molecule has 88 valence electrons. The van der Waals surface area contributed by atoms with Gasteiger partial charge in [-0.3, -0.25) is 0 Å². The molecule has 2 aromatic carbocycles. The Morgan fingerprint density at radius 2 is 1.61 bits per heavy atom. The summed E-state index contributed by atoms with van der Waals surface area (Å²) in [6.45, 7) is 0. The Labute approximate surface area is 112 Å². The van der Waals surface area contributed by atoms with Gasteiger partial charge in [-0.1, -0.05) is 52.3 Å². The molecule has 0 N–H and O–H groups in total. The first kappa shape index (κ1) is 11.2. The zero-order valence-electron chi connectivity index (χ0n) is 9.39. The fraction of sp³-hybridized carbons (Fsp3) is 0. The van der Waals surface area contributed by atoms with Gasteiger partial charge in [0.2, 0.25) is 0 Å². The number of para-hydroxylation sites is 1. The lowest BCUT2D eigenvalue weighted by molar-refractivity contribution is 0.561. The largest absolute Gasteiger partial charge is 0.423 e. The van der Waals surface area contributed by atoms with E-state index >= 15 is 0 Å². The fourth-order valence-electron chi connectivity index (χ4n) is 2.01. The third-order valence-corrected chi connectivity index (χ3v) is 3.51. The highest BCUT2D eigenvalue weighted by molar-refractivity contribution is 9.10. The van der Waals surface area contributed by atoms with Crippen LogP contribution in [0.5, 0.6) is 0 Å². The van der Waals surface area contributed by atoms with Gasteiger partial charge in [0.25, 0.3) is 0 Å². The predicted molar refractivity (Wildman–Crippen MR) is 75.6 cm³/mol. The highest BCUT2D eigenvalue weighted by atomic mass is 79.9. The molecule has 0 aliphatic heterocycles. The number of hydrogen-bond acceptors (Lipinski definition) is 2. The van der Waals surface area contributed by atoms with E-state index in [1.807, 2.05) is 42.5 Å². The minimum atomic E-state index is -0.334. The summed E-state index contributed by atoms with van der Waals surface area (Å²) in [4.78, 5) is 11.6. The van der Waals surface area contributed by atoms with Crippen LogP contribution in [-0.4, -0.2) is 0 Å². The number of benzene rings is 2. The van der Waals surface area contributed by atoms with Crippen LogP contribution in [-0.2, 0) is 0 Å². The summed E-state index contributed by atoms with van der Waals surface area (Å²) < 4.78 is 6.15. The lowest BCUT2D eigenvalue weighted by Crippen LogP contribution is -1.98. The van der Waals surface area contributed by atoms with Gasteiger partial charge in [-0.2, -0.15) is 0 Å². The van der Waals surface area contributed by atoms with Crippen LogP contribution >= 0.6 is 15.9 Å². The van der Waals surface area contributed by atoms with Crippen LogP contribution in [0.15, 0.2) is 68.3 Å². The molecule has 3 aromatic rings. The highest BCUT2D eigenvalue weighted by Crippen LogP contribution is 2.32. The van der Waals surface area contributed by atoms with Crippen molar-refractivity contribution in [3.63, 3.8) is 0 Å². The van der Waals surface area contributed by atoms with E-state index in [2.05, 4.69) is 15.9 Å². The molecule has 0 aliphatic rings. The molecule has 0 atom stereocenters. The number of hydrogen-bond donors (Lipinski definition) is 0. The topological polar surface area (TPSA) is 30.2 Å². The zero-order chi connectivity index (χ0) is 12.5. The second-order valence-corrected chi connectivity index (χ2v) is 4.81. The SMILES string of the molecule is O=c1cc(-c2ccccc2Br)c2ccccc2o1. The van der Waals surface area contributed by atoms with Crippen molar-refractivity contribution in [3.8, 4) is 11.1 Å². The van der Waals surface area contributed by atoms with Gasteiger partial charge in [0.15, 0.2) is 0 Å². The van der Waals surface area contributed by atoms with Gasteiger partial charge >= 0.3 is 5.63 Å². The Morgan fingerprint density at radius 3 is 2.44 bits per heavy atom. The lowest BCUT2D eigenvalue weighted by atomic mass is 10.0. The second-order valence-electron chi connectivity index (χ2n) is 3.96. The van der Waals surface area contributed by atoms with E-state index in [4.69, 9.17) is 4.42 Å². The van der Waals surface area contributed by atoms with E-state index in [0.717, 1.165) is 21.0 Å². The number of rotatable bonds is 1. The maximum atomic E-state index is 11.6. The molecule has 0 bridgehead atoms. The van der Waals surface area contributed by atoms with Crippen molar-refractivity contribution < 1.29 is 4.42 Å². The van der Waals surface area contributed by atoms with Crippen molar-refractivity contribution in [2.75, 3.05) is 0 Å². The van der Waals surface area contributed by atoms with E-state index < -0.39 is 0 Å². The molecule has 0 unspecified atom stereocenters. The molecule has 0 saturated heterocycles. The minimum Gasteiger partial charge on any atom is -0.423 e. The average molecular weight is 301 g/mol. The van der Waals surface area contributed by atoms with Crippen LogP contribution in [0.4, 0.5) is 0 Å². The van der Waals surface area contributed by atoms with Gasteiger partial charge in [0.1, 0.15) is 5.58 Å². The van der Waals surface area contributed by atoms with E-state index in [1.54, 1.807) is 6.07 Å². The van der Waals surface area contributed by atoms with Gasteiger partial charge in [-0.05, 0) is 17.7 Å². The molecule has 0 amide bonds. The molecule has 0 aliphatic carbocycles.